The summed E-state index contributed by atoms with van der Waals surface area (Å²) in [6.07, 6.45) is 7.58. The van der Waals surface area contributed by atoms with Crippen molar-refractivity contribution in [2.75, 3.05) is 6.54 Å². The minimum absolute atomic E-state index is 0.303. The Morgan fingerprint density at radius 1 is 1.14 bits per heavy atom. The number of fused-ring (bicyclic) bond motifs is 2. The molecule has 2 aliphatic rings. The van der Waals surface area contributed by atoms with Crippen LogP contribution >= 0.6 is 0 Å². The highest BCUT2D eigenvalue weighted by molar-refractivity contribution is 4.90. The van der Waals surface area contributed by atoms with Gasteiger partial charge in [-0.25, -0.2) is 0 Å². The highest BCUT2D eigenvalue weighted by Crippen LogP contribution is 2.49. The number of hydrogen-bond acceptors (Lipinski definition) is 1. The lowest BCUT2D eigenvalue weighted by molar-refractivity contribution is 0.296. The van der Waals surface area contributed by atoms with Crippen molar-refractivity contribution in [2.45, 2.75) is 58.4 Å². The van der Waals surface area contributed by atoms with Crippen LogP contribution in [0.15, 0.2) is 0 Å². The van der Waals surface area contributed by atoms with Gasteiger partial charge in [-0.1, -0.05) is 6.42 Å². The SMILES string of the molecule is CC(C)(C)NCCC1CC2CCC1C2. The van der Waals surface area contributed by atoms with Gasteiger partial charge >= 0.3 is 0 Å². The molecule has 0 heterocycles. The van der Waals surface area contributed by atoms with E-state index in [2.05, 4.69) is 26.1 Å². The summed E-state index contributed by atoms with van der Waals surface area (Å²) in [6, 6.07) is 0. The van der Waals surface area contributed by atoms with Gasteiger partial charge in [0, 0.05) is 5.54 Å². The molecule has 2 saturated carbocycles. The lowest BCUT2D eigenvalue weighted by Gasteiger charge is -2.25. The molecule has 2 fully saturated rings. The molecule has 0 aromatic rings. The quantitative estimate of drug-likeness (QED) is 0.729. The smallest absolute Gasteiger partial charge is 0.00965 e. The van der Waals surface area contributed by atoms with Crippen LogP contribution in [0.3, 0.4) is 0 Å². The molecule has 0 radical (unpaired) electrons. The van der Waals surface area contributed by atoms with Crippen LogP contribution in [-0.2, 0) is 0 Å². The van der Waals surface area contributed by atoms with Gasteiger partial charge in [0.15, 0.2) is 0 Å². The van der Waals surface area contributed by atoms with E-state index in [1.807, 2.05) is 0 Å². The number of hydrogen-bond donors (Lipinski definition) is 1. The monoisotopic (exact) mass is 195 g/mol. The molecule has 3 atom stereocenters. The first-order chi connectivity index (χ1) is 6.54. The van der Waals surface area contributed by atoms with Gasteiger partial charge in [0.25, 0.3) is 0 Å². The van der Waals surface area contributed by atoms with E-state index in [0.29, 0.717) is 5.54 Å². The molecule has 1 heteroatoms. The zero-order valence-electron chi connectivity index (χ0n) is 9.97. The molecular formula is C13H25N. The minimum Gasteiger partial charge on any atom is -0.312 e. The summed E-state index contributed by atoms with van der Waals surface area (Å²) in [7, 11) is 0. The van der Waals surface area contributed by atoms with Crippen LogP contribution < -0.4 is 5.32 Å². The zero-order chi connectivity index (χ0) is 10.2. The maximum Gasteiger partial charge on any atom is 0.00965 e. The average molecular weight is 195 g/mol. The molecule has 2 rings (SSSR count). The largest absolute Gasteiger partial charge is 0.312 e. The van der Waals surface area contributed by atoms with Gasteiger partial charge in [0.2, 0.25) is 0 Å². The first-order valence-corrected chi connectivity index (χ1v) is 6.29. The molecule has 0 aromatic carbocycles. The van der Waals surface area contributed by atoms with E-state index < -0.39 is 0 Å². The third kappa shape index (κ3) is 2.50. The predicted molar refractivity (Wildman–Crippen MR) is 61.3 cm³/mol. The van der Waals surface area contributed by atoms with Crippen molar-refractivity contribution in [1.29, 1.82) is 0 Å². The van der Waals surface area contributed by atoms with Gasteiger partial charge < -0.3 is 5.32 Å². The highest BCUT2D eigenvalue weighted by atomic mass is 14.9. The highest BCUT2D eigenvalue weighted by Gasteiger charge is 2.38. The molecule has 2 bridgehead atoms. The Hall–Kier alpha value is -0.0400. The van der Waals surface area contributed by atoms with Crippen molar-refractivity contribution in [3.8, 4) is 0 Å². The van der Waals surface area contributed by atoms with Gasteiger partial charge in [-0.3, -0.25) is 0 Å². The van der Waals surface area contributed by atoms with Crippen molar-refractivity contribution in [1.82, 2.24) is 5.32 Å². The molecule has 0 aromatic heterocycles. The minimum atomic E-state index is 0.303. The second-order valence-electron chi connectivity index (χ2n) is 6.40. The summed E-state index contributed by atoms with van der Waals surface area (Å²) in [5.74, 6) is 3.27. The van der Waals surface area contributed by atoms with Crippen LogP contribution in [0.1, 0.15) is 52.9 Å². The lowest BCUT2D eigenvalue weighted by Crippen LogP contribution is -2.37. The maximum absolute atomic E-state index is 3.61. The standard InChI is InChI=1S/C13H25N/c1-13(2,3)14-7-6-12-9-10-4-5-11(12)8-10/h10-12,14H,4-9H2,1-3H3. The summed E-state index contributed by atoms with van der Waals surface area (Å²) in [5.41, 5.74) is 0.303. The number of nitrogens with one attached hydrogen (secondary N) is 1. The van der Waals surface area contributed by atoms with Gasteiger partial charge in [0.1, 0.15) is 0 Å². The molecule has 82 valence electrons. The molecule has 14 heavy (non-hydrogen) atoms. The van der Waals surface area contributed by atoms with E-state index in [0.717, 1.165) is 17.8 Å². The second-order valence-corrected chi connectivity index (χ2v) is 6.40. The molecule has 0 aliphatic heterocycles. The van der Waals surface area contributed by atoms with E-state index in [4.69, 9.17) is 0 Å². The molecule has 0 saturated heterocycles. The molecular weight excluding hydrogens is 170 g/mol. The first-order valence-electron chi connectivity index (χ1n) is 6.29. The molecule has 1 N–H and O–H groups in total. The van der Waals surface area contributed by atoms with E-state index in [1.165, 1.54) is 32.2 Å². The summed E-state index contributed by atoms with van der Waals surface area (Å²) >= 11 is 0. The first kappa shape index (κ1) is 10.5. The average Bonchev–Trinajstić information content (AvgIpc) is 2.62. The van der Waals surface area contributed by atoms with E-state index in [1.54, 1.807) is 6.42 Å². The normalized spacial score (nSPS) is 36.6. The Kier molecular flexibility index (Phi) is 2.88. The van der Waals surface area contributed by atoms with Gasteiger partial charge in [-0.2, -0.15) is 0 Å². The second kappa shape index (κ2) is 3.84. The molecule has 0 spiro atoms. The lowest BCUT2D eigenvalue weighted by atomic mass is 9.86. The van der Waals surface area contributed by atoms with Gasteiger partial charge in [0.05, 0.1) is 0 Å². The molecule has 3 unspecified atom stereocenters. The third-order valence-electron chi connectivity index (χ3n) is 4.05. The van der Waals surface area contributed by atoms with Crippen LogP contribution in [0.4, 0.5) is 0 Å². The summed E-state index contributed by atoms with van der Waals surface area (Å²) in [6.45, 7) is 7.99. The topological polar surface area (TPSA) is 12.0 Å². The van der Waals surface area contributed by atoms with E-state index in [9.17, 15) is 0 Å². The summed E-state index contributed by atoms with van der Waals surface area (Å²) < 4.78 is 0. The maximum atomic E-state index is 3.61. The molecule has 0 amide bonds. The third-order valence-corrected chi connectivity index (χ3v) is 4.05. The van der Waals surface area contributed by atoms with Crippen LogP contribution in [0, 0.1) is 17.8 Å². The van der Waals surface area contributed by atoms with Gasteiger partial charge in [-0.05, 0) is 70.8 Å². The predicted octanol–water partition coefficient (Wildman–Crippen LogP) is 3.20. The van der Waals surface area contributed by atoms with E-state index >= 15 is 0 Å². The van der Waals surface area contributed by atoms with Crippen LogP contribution in [-0.4, -0.2) is 12.1 Å². The Morgan fingerprint density at radius 2 is 1.93 bits per heavy atom. The fourth-order valence-corrected chi connectivity index (χ4v) is 3.36. The van der Waals surface area contributed by atoms with Crippen LogP contribution in [0.25, 0.3) is 0 Å². The van der Waals surface area contributed by atoms with Crippen molar-refractivity contribution in [3.05, 3.63) is 0 Å². The summed E-state index contributed by atoms with van der Waals surface area (Å²) in [5, 5.41) is 3.61. The molecule has 1 nitrogen and oxygen atoms in total. The van der Waals surface area contributed by atoms with E-state index in [-0.39, 0.29) is 0 Å². The van der Waals surface area contributed by atoms with Crippen molar-refractivity contribution in [3.63, 3.8) is 0 Å². The van der Waals surface area contributed by atoms with Gasteiger partial charge in [-0.15, -0.1) is 0 Å². The fraction of sp³-hybridized carbons (Fsp3) is 1.00. The zero-order valence-corrected chi connectivity index (χ0v) is 9.97. The van der Waals surface area contributed by atoms with Crippen molar-refractivity contribution >= 4 is 0 Å². The van der Waals surface area contributed by atoms with Crippen LogP contribution in [0.5, 0.6) is 0 Å². The van der Waals surface area contributed by atoms with Crippen LogP contribution in [0.2, 0.25) is 0 Å². The fourth-order valence-electron chi connectivity index (χ4n) is 3.36. The Morgan fingerprint density at radius 3 is 2.43 bits per heavy atom. The Bertz CT molecular complexity index is 192. The van der Waals surface area contributed by atoms with Crippen molar-refractivity contribution in [2.24, 2.45) is 17.8 Å². The summed E-state index contributed by atoms with van der Waals surface area (Å²) in [4.78, 5) is 0. The Balaban J connectivity index is 1.67. The Labute approximate surface area is 88.7 Å². The molecule has 2 aliphatic carbocycles. The van der Waals surface area contributed by atoms with Crippen molar-refractivity contribution < 1.29 is 0 Å². The number of rotatable bonds is 3.